The van der Waals surface area contributed by atoms with E-state index < -0.39 is 11.2 Å². The van der Waals surface area contributed by atoms with Crippen LogP contribution in [0.3, 0.4) is 0 Å². The summed E-state index contributed by atoms with van der Waals surface area (Å²) in [5.41, 5.74) is -0.369. The molecule has 138 valence electrons. The van der Waals surface area contributed by atoms with Gasteiger partial charge in [0.25, 0.3) is 5.56 Å². The van der Waals surface area contributed by atoms with Gasteiger partial charge in [-0.25, -0.2) is 14.3 Å². The van der Waals surface area contributed by atoms with Crippen LogP contribution in [-0.2, 0) is 25.4 Å². The zero-order valence-corrected chi connectivity index (χ0v) is 15.4. The van der Waals surface area contributed by atoms with Crippen molar-refractivity contribution in [3.8, 4) is 0 Å². The van der Waals surface area contributed by atoms with E-state index in [4.69, 9.17) is 0 Å². The number of carbonyl (C=O) groups is 1. The van der Waals surface area contributed by atoms with Crippen LogP contribution in [0.25, 0.3) is 11.2 Å². The molecular formula is C15H23ClN6O3. The molecule has 3 heterocycles. The third kappa shape index (κ3) is 3.34. The number of aryl methyl sites for hydroxylation is 2. The molecule has 1 saturated heterocycles. The molecule has 0 saturated carbocycles. The van der Waals surface area contributed by atoms with E-state index in [2.05, 4.69) is 10.3 Å². The quantitative estimate of drug-likeness (QED) is 0.753. The lowest BCUT2D eigenvalue weighted by Crippen LogP contribution is -2.50. The minimum Gasteiger partial charge on any atom is -0.340 e. The number of nitrogens with zero attached hydrogens (tertiary/aromatic N) is 5. The molecule has 25 heavy (non-hydrogen) atoms. The minimum absolute atomic E-state index is 0. The maximum absolute atomic E-state index is 12.6. The maximum Gasteiger partial charge on any atom is 0.332 e. The van der Waals surface area contributed by atoms with Crippen molar-refractivity contribution in [2.24, 2.45) is 14.1 Å². The Balaban J connectivity index is 0.00000225. The van der Waals surface area contributed by atoms with Gasteiger partial charge in [-0.3, -0.25) is 14.2 Å². The lowest BCUT2D eigenvalue weighted by Gasteiger charge is -2.32. The average Bonchev–Trinajstić information content (AvgIpc) is 2.98. The highest BCUT2D eigenvalue weighted by atomic mass is 35.5. The van der Waals surface area contributed by atoms with Crippen LogP contribution in [0.4, 0.5) is 0 Å². The number of fused-ring (bicyclic) bond motifs is 1. The largest absolute Gasteiger partial charge is 0.340 e. The number of carbonyl (C=O) groups excluding carboxylic acids is 1. The molecule has 1 aliphatic heterocycles. The number of hydrogen-bond acceptors (Lipinski definition) is 5. The normalized spacial score (nSPS) is 17.6. The third-order valence-corrected chi connectivity index (χ3v) is 4.68. The molecule has 3 rings (SSSR count). The first kappa shape index (κ1) is 19.2. The molecule has 2 aromatic heterocycles. The summed E-state index contributed by atoms with van der Waals surface area (Å²) in [7, 11) is 5.11. The summed E-state index contributed by atoms with van der Waals surface area (Å²) in [4.78, 5) is 43.4. The molecule has 0 spiro atoms. The van der Waals surface area contributed by atoms with Crippen molar-refractivity contribution in [3.63, 3.8) is 0 Å². The van der Waals surface area contributed by atoms with Gasteiger partial charge in [-0.2, -0.15) is 0 Å². The Kier molecular flexibility index (Phi) is 5.69. The fourth-order valence-electron chi connectivity index (χ4n) is 3.21. The predicted octanol–water partition coefficient (Wildman–Crippen LogP) is -0.934. The SMILES string of the molecule is CNC1CCCN(C(=O)Cn2c(=O)c3c(ncn3C)n(C)c2=O)C1.Cl. The van der Waals surface area contributed by atoms with Crippen LogP contribution in [0.2, 0.25) is 0 Å². The van der Waals surface area contributed by atoms with Gasteiger partial charge in [-0.1, -0.05) is 0 Å². The number of imidazole rings is 1. The molecule has 0 aromatic carbocycles. The van der Waals surface area contributed by atoms with E-state index >= 15 is 0 Å². The Bertz CT molecular complexity index is 899. The maximum atomic E-state index is 12.6. The second kappa shape index (κ2) is 7.40. The van der Waals surface area contributed by atoms with E-state index in [9.17, 15) is 14.4 Å². The van der Waals surface area contributed by atoms with Gasteiger partial charge < -0.3 is 14.8 Å². The summed E-state index contributed by atoms with van der Waals surface area (Å²) in [5.74, 6) is -0.212. The summed E-state index contributed by atoms with van der Waals surface area (Å²) in [6, 6.07) is 0.252. The topological polar surface area (TPSA) is 94.2 Å². The summed E-state index contributed by atoms with van der Waals surface area (Å²) < 4.78 is 3.86. The Morgan fingerprint density at radius 2 is 2.08 bits per heavy atom. The number of likely N-dealkylation sites (N-methyl/N-ethyl adjacent to an activating group) is 1. The number of halogens is 1. The number of hydrogen-bond donors (Lipinski definition) is 1. The van der Waals surface area contributed by atoms with Crippen LogP contribution >= 0.6 is 12.4 Å². The van der Waals surface area contributed by atoms with Crippen LogP contribution in [0, 0.1) is 0 Å². The van der Waals surface area contributed by atoms with Crippen molar-refractivity contribution in [1.29, 1.82) is 0 Å². The van der Waals surface area contributed by atoms with Gasteiger partial charge in [0, 0.05) is 33.2 Å². The van der Waals surface area contributed by atoms with Gasteiger partial charge in [0.2, 0.25) is 5.91 Å². The minimum atomic E-state index is -0.526. The highest BCUT2D eigenvalue weighted by Gasteiger charge is 2.24. The molecule has 1 unspecified atom stereocenters. The molecule has 1 atom stereocenters. The monoisotopic (exact) mass is 370 g/mol. The van der Waals surface area contributed by atoms with Gasteiger partial charge in [-0.15, -0.1) is 12.4 Å². The van der Waals surface area contributed by atoms with Gasteiger partial charge in [0.05, 0.1) is 6.33 Å². The van der Waals surface area contributed by atoms with Crippen LogP contribution in [0.5, 0.6) is 0 Å². The van der Waals surface area contributed by atoms with E-state index in [0.717, 1.165) is 17.4 Å². The standard InChI is InChI=1S/C15H22N6O3.ClH/c1-16-10-5-4-6-20(7-10)11(22)8-21-14(23)12-13(17-9-18(12)2)19(3)15(21)24;/h9-10,16H,4-8H2,1-3H3;1H. The van der Waals surface area contributed by atoms with Gasteiger partial charge >= 0.3 is 5.69 Å². The molecule has 1 N–H and O–H groups in total. The van der Waals surface area contributed by atoms with Crippen molar-refractivity contribution < 1.29 is 4.79 Å². The lowest BCUT2D eigenvalue weighted by molar-refractivity contribution is -0.133. The second-order valence-electron chi connectivity index (χ2n) is 6.23. The van der Waals surface area contributed by atoms with E-state index in [0.29, 0.717) is 24.3 Å². The van der Waals surface area contributed by atoms with Gasteiger partial charge in [-0.05, 0) is 19.9 Å². The first-order valence-corrected chi connectivity index (χ1v) is 8.00. The van der Waals surface area contributed by atoms with Crippen LogP contribution in [-0.4, -0.2) is 55.7 Å². The number of piperidine rings is 1. The molecule has 0 radical (unpaired) electrons. The molecule has 1 aliphatic rings. The molecule has 0 aliphatic carbocycles. The third-order valence-electron chi connectivity index (χ3n) is 4.68. The summed E-state index contributed by atoms with van der Waals surface area (Å²) in [6.45, 7) is 1.00. The van der Waals surface area contributed by atoms with E-state index in [-0.39, 0.29) is 30.9 Å². The van der Waals surface area contributed by atoms with E-state index in [1.54, 1.807) is 23.6 Å². The van der Waals surface area contributed by atoms with Gasteiger partial charge in [0.15, 0.2) is 11.2 Å². The number of aromatic nitrogens is 4. The highest BCUT2D eigenvalue weighted by Crippen LogP contribution is 2.10. The zero-order valence-electron chi connectivity index (χ0n) is 14.6. The smallest absolute Gasteiger partial charge is 0.332 e. The highest BCUT2D eigenvalue weighted by molar-refractivity contribution is 5.85. The molecule has 0 bridgehead atoms. The van der Waals surface area contributed by atoms with Crippen molar-refractivity contribution >= 4 is 29.5 Å². The molecular weight excluding hydrogens is 348 g/mol. The lowest BCUT2D eigenvalue weighted by atomic mass is 10.1. The molecule has 1 fully saturated rings. The first-order chi connectivity index (χ1) is 11.4. The number of amides is 1. The van der Waals surface area contributed by atoms with Crippen LogP contribution in [0.15, 0.2) is 15.9 Å². The average molecular weight is 371 g/mol. The predicted molar refractivity (Wildman–Crippen MR) is 96.1 cm³/mol. The molecule has 9 nitrogen and oxygen atoms in total. The van der Waals surface area contributed by atoms with E-state index in [1.807, 2.05) is 7.05 Å². The van der Waals surface area contributed by atoms with Crippen molar-refractivity contribution in [1.82, 2.24) is 28.9 Å². The van der Waals surface area contributed by atoms with E-state index in [1.165, 1.54) is 10.9 Å². The summed E-state index contributed by atoms with van der Waals surface area (Å²) in [6.07, 6.45) is 3.41. The Morgan fingerprint density at radius 3 is 2.76 bits per heavy atom. The Morgan fingerprint density at radius 1 is 1.36 bits per heavy atom. The van der Waals surface area contributed by atoms with Crippen molar-refractivity contribution in [3.05, 3.63) is 27.2 Å². The van der Waals surface area contributed by atoms with Crippen LogP contribution in [0.1, 0.15) is 12.8 Å². The van der Waals surface area contributed by atoms with Gasteiger partial charge in [0.1, 0.15) is 6.54 Å². The van der Waals surface area contributed by atoms with Crippen molar-refractivity contribution in [2.45, 2.75) is 25.4 Å². The Labute approximate surface area is 150 Å². The second-order valence-corrected chi connectivity index (χ2v) is 6.23. The fourth-order valence-corrected chi connectivity index (χ4v) is 3.21. The number of rotatable bonds is 3. The Hall–Kier alpha value is -2.13. The zero-order chi connectivity index (χ0) is 17.4. The van der Waals surface area contributed by atoms with Crippen LogP contribution < -0.4 is 16.6 Å². The first-order valence-electron chi connectivity index (χ1n) is 8.00. The summed E-state index contributed by atoms with van der Waals surface area (Å²) in [5, 5.41) is 3.17. The fraction of sp³-hybridized carbons (Fsp3) is 0.600. The molecule has 10 heteroatoms. The number of likely N-dealkylation sites (tertiary alicyclic amines) is 1. The summed E-state index contributed by atoms with van der Waals surface area (Å²) >= 11 is 0. The number of nitrogens with one attached hydrogen (secondary N) is 1. The molecule has 1 amide bonds. The van der Waals surface area contributed by atoms with Crippen molar-refractivity contribution in [2.75, 3.05) is 20.1 Å². The molecule has 2 aromatic rings.